The van der Waals surface area contributed by atoms with Gasteiger partial charge in [-0.15, -0.1) is 0 Å². The van der Waals surface area contributed by atoms with Crippen molar-refractivity contribution in [3.8, 4) is 6.07 Å². The van der Waals surface area contributed by atoms with E-state index in [0.29, 0.717) is 0 Å². The maximum atomic E-state index is 10.8. The minimum absolute atomic E-state index is 0.412. The van der Waals surface area contributed by atoms with Gasteiger partial charge in [-0.05, 0) is 6.58 Å². The van der Waals surface area contributed by atoms with E-state index in [1.807, 2.05) is 0 Å². The molecule has 5 nitrogen and oxygen atoms in total. The van der Waals surface area contributed by atoms with Crippen molar-refractivity contribution in [2.24, 2.45) is 0 Å². The maximum absolute atomic E-state index is 10.8. The van der Waals surface area contributed by atoms with E-state index in [0.717, 1.165) is 7.11 Å². The Morgan fingerprint density at radius 2 is 1.85 bits per heavy atom. The van der Waals surface area contributed by atoms with E-state index in [4.69, 9.17) is 5.26 Å². The fraction of sp³-hybridized carbons (Fsp3) is 0.125. The van der Waals surface area contributed by atoms with Crippen LogP contribution in [-0.2, 0) is 19.1 Å². The smallest absolute Gasteiger partial charge is 0.373 e. The van der Waals surface area contributed by atoms with Crippen LogP contribution in [0.25, 0.3) is 0 Å². The van der Waals surface area contributed by atoms with Crippen LogP contribution < -0.4 is 0 Å². The molecule has 0 saturated heterocycles. The number of ether oxygens (including phenoxy) is 2. The van der Waals surface area contributed by atoms with E-state index in [1.54, 1.807) is 0 Å². The molecule has 5 heteroatoms. The Kier molecular flexibility index (Phi) is 3.96. The number of nitriles is 1. The maximum Gasteiger partial charge on any atom is 0.373 e. The largest absolute Gasteiger partial charge is 0.463 e. The van der Waals surface area contributed by atoms with E-state index in [1.165, 1.54) is 6.07 Å². The van der Waals surface area contributed by atoms with Crippen molar-refractivity contribution in [1.29, 1.82) is 5.26 Å². The number of hydrogen-bond acceptors (Lipinski definition) is 5. The Labute approximate surface area is 74.9 Å². The first-order valence-corrected chi connectivity index (χ1v) is 3.11. The molecule has 0 amide bonds. The number of carbonyl (C=O) groups is 2. The van der Waals surface area contributed by atoms with Gasteiger partial charge in [0.1, 0.15) is 11.6 Å². The summed E-state index contributed by atoms with van der Waals surface area (Å²) in [5.41, 5.74) is -0.412. The lowest BCUT2D eigenvalue weighted by Crippen LogP contribution is -2.12. The van der Waals surface area contributed by atoms with E-state index < -0.39 is 23.3 Å². The first-order chi connectivity index (χ1) is 6.02. The van der Waals surface area contributed by atoms with E-state index in [-0.39, 0.29) is 0 Å². The summed E-state index contributed by atoms with van der Waals surface area (Å²) in [6, 6.07) is 1.46. The number of carbonyl (C=O) groups excluding carboxylic acids is 2. The normalized spacial score (nSPS) is 8.00. The molecule has 0 aromatic heterocycles. The van der Waals surface area contributed by atoms with Gasteiger partial charge in [0.15, 0.2) is 0 Å². The van der Waals surface area contributed by atoms with Crippen LogP contribution in [0.15, 0.2) is 24.5 Å². The minimum Gasteiger partial charge on any atom is -0.463 e. The molecule has 0 N–H and O–H groups in total. The predicted molar refractivity (Wildman–Crippen MR) is 42.0 cm³/mol. The Bertz CT molecular complexity index is 311. The fourth-order valence-corrected chi connectivity index (χ4v) is 0.375. The second-order valence-electron chi connectivity index (χ2n) is 1.89. The highest BCUT2D eigenvalue weighted by Gasteiger charge is 2.15. The monoisotopic (exact) mass is 181 g/mol. The van der Waals surface area contributed by atoms with Gasteiger partial charge in [0.25, 0.3) is 0 Å². The lowest BCUT2D eigenvalue weighted by Gasteiger charge is -2.02. The molecule has 0 aliphatic rings. The summed E-state index contributed by atoms with van der Waals surface area (Å²) < 4.78 is 8.52. The van der Waals surface area contributed by atoms with Crippen LogP contribution in [0.5, 0.6) is 0 Å². The third kappa shape index (κ3) is 3.20. The first-order valence-electron chi connectivity index (χ1n) is 3.11. The molecular formula is C8H7NO4. The van der Waals surface area contributed by atoms with E-state index in [9.17, 15) is 9.59 Å². The van der Waals surface area contributed by atoms with Gasteiger partial charge in [0.2, 0.25) is 5.76 Å². The molecule has 0 aliphatic heterocycles. The van der Waals surface area contributed by atoms with Crippen LogP contribution in [0.3, 0.4) is 0 Å². The molecule has 0 radical (unpaired) electrons. The van der Waals surface area contributed by atoms with Gasteiger partial charge in [0.05, 0.1) is 7.11 Å². The fourth-order valence-electron chi connectivity index (χ4n) is 0.375. The molecule has 0 unspecified atom stereocenters. The van der Waals surface area contributed by atoms with Crippen molar-refractivity contribution >= 4 is 11.9 Å². The van der Waals surface area contributed by atoms with Crippen LogP contribution in [0.4, 0.5) is 0 Å². The van der Waals surface area contributed by atoms with Gasteiger partial charge in [-0.1, -0.05) is 6.58 Å². The molecule has 0 rings (SSSR count). The lowest BCUT2D eigenvalue weighted by atomic mass is 10.3. The number of nitrogens with zero attached hydrogens (tertiary/aromatic N) is 1. The van der Waals surface area contributed by atoms with Crippen molar-refractivity contribution < 1.29 is 19.1 Å². The van der Waals surface area contributed by atoms with Gasteiger partial charge in [-0.3, -0.25) is 0 Å². The predicted octanol–water partition coefficient (Wildman–Crippen LogP) is 0.296. The summed E-state index contributed by atoms with van der Waals surface area (Å²) >= 11 is 0. The first kappa shape index (κ1) is 10.9. The molecule has 68 valence electrons. The molecule has 0 aliphatic carbocycles. The van der Waals surface area contributed by atoms with Crippen molar-refractivity contribution in [3.05, 3.63) is 24.5 Å². The summed E-state index contributed by atoms with van der Waals surface area (Å²) in [7, 11) is 1.11. The summed E-state index contributed by atoms with van der Waals surface area (Å²) in [5, 5.41) is 8.22. The van der Waals surface area contributed by atoms with Gasteiger partial charge in [-0.2, -0.15) is 5.26 Å². The van der Waals surface area contributed by atoms with Crippen LogP contribution in [0, 0.1) is 11.3 Å². The zero-order chi connectivity index (χ0) is 10.4. The number of hydrogen-bond donors (Lipinski definition) is 0. The molecule has 0 atom stereocenters. The molecule has 0 fully saturated rings. The third-order valence-electron chi connectivity index (χ3n) is 1.01. The van der Waals surface area contributed by atoms with Gasteiger partial charge in [0, 0.05) is 0 Å². The zero-order valence-electron chi connectivity index (χ0n) is 6.99. The molecular weight excluding hydrogens is 174 g/mol. The Morgan fingerprint density at radius 1 is 1.31 bits per heavy atom. The standard InChI is InChI=1S/C8H7NO4/c1-5(4-9)7(10)13-6(2)8(11)12-3/h1-2H2,3H3. The average Bonchev–Trinajstić information content (AvgIpc) is 2.14. The van der Waals surface area contributed by atoms with Crippen molar-refractivity contribution in [2.45, 2.75) is 0 Å². The molecule has 13 heavy (non-hydrogen) atoms. The van der Waals surface area contributed by atoms with E-state index in [2.05, 4.69) is 22.6 Å². The summed E-state index contributed by atoms with van der Waals surface area (Å²) in [5.74, 6) is -2.37. The van der Waals surface area contributed by atoms with Crippen LogP contribution >= 0.6 is 0 Å². The SMILES string of the molecule is C=C(C#N)C(=O)OC(=C)C(=O)OC. The molecule has 0 aromatic rings. The van der Waals surface area contributed by atoms with Crippen molar-refractivity contribution in [1.82, 2.24) is 0 Å². The molecule has 0 saturated carbocycles. The number of esters is 2. The molecule has 0 bridgehead atoms. The van der Waals surface area contributed by atoms with Gasteiger partial charge >= 0.3 is 11.9 Å². The highest BCUT2D eigenvalue weighted by atomic mass is 16.6. The second-order valence-corrected chi connectivity index (χ2v) is 1.89. The summed E-state index contributed by atoms with van der Waals surface area (Å²) in [6.07, 6.45) is 0. The second kappa shape index (κ2) is 4.72. The van der Waals surface area contributed by atoms with Crippen molar-refractivity contribution in [2.75, 3.05) is 7.11 Å². The zero-order valence-corrected chi connectivity index (χ0v) is 6.99. The van der Waals surface area contributed by atoms with Gasteiger partial charge < -0.3 is 9.47 Å². The van der Waals surface area contributed by atoms with E-state index >= 15 is 0 Å². The van der Waals surface area contributed by atoms with Gasteiger partial charge in [-0.25, -0.2) is 9.59 Å². The molecule has 0 spiro atoms. The lowest BCUT2D eigenvalue weighted by molar-refractivity contribution is -0.147. The minimum atomic E-state index is -1.02. The average molecular weight is 181 g/mol. The third-order valence-corrected chi connectivity index (χ3v) is 1.01. The number of rotatable bonds is 3. The van der Waals surface area contributed by atoms with Crippen molar-refractivity contribution in [3.63, 3.8) is 0 Å². The number of methoxy groups -OCH3 is 1. The molecule has 0 aromatic carbocycles. The quantitative estimate of drug-likeness (QED) is 0.271. The summed E-state index contributed by atoms with van der Waals surface area (Å²) in [4.78, 5) is 21.4. The Balaban J connectivity index is 4.25. The Hall–Kier alpha value is -2.09. The van der Waals surface area contributed by atoms with Crippen LogP contribution in [0.2, 0.25) is 0 Å². The van der Waals surface area contributed by atoms with Crippen LogP contribution in [-0.4, -0.2) is 19.0 Å². The highest BCUT2D eigenvalue weighted by Crippen LogP contribution is 2.01. The summed E-state index contributed by atoms with van der Waals surface area (Å²) in [6.45, 7) is 6.20. The van der Waals surface area contributed by atoms with Crippen LogP contribution in [0.1, 0.15) is 0 Å². The highest BCUT2D eigenvalue weighted by molar-refractivity contribution is 5.96. The topological polar surface area (TPSA) is 76.4 Å². The molecule has 0 heterocycles. The Morgan fingerprint density at radius 3 is 2.23 bits per heavy atom.